The molecule has 1 aliphatic rings. The highest BCUT2D eigenvalue weighted by molar-refractivity contribution is 7.90. The van der Waals surface area contributed by atoms with Crippen LogP contribution in [-0.2, 0) is 26.9 Å². The molecular formula is C14H24N2O3S2. The highest BCUT2D eigenvalue weighted by Crippen LogP contribution is 2.18. The second kappa shape index (κ2) is 7.67. The summed E-state index contributed by atoms with van der Waals surface area (Å²) in [6.45, 7) is 5.74. The standard InChI is InChI=1S/C14H24N2O3S2/c1-3-7-19-13-5-4-6-16(9-13)8-12-10-20-14(15-12)11-21(2,17)18/h10,13H,3-9,11H2,1-2H3. The molecule has 0 aromatic carbocycles. The molecule has 0 radical (unpaired) electrons. The Morgan fingerprint density at radius 1 is 1.52 bits per heavy atom. The van der Waals surface area contributed by atoms with Crippen molar-refractivity contribution in [3.63, 3.8) is 0 Å². The highest BCUT2D eigenvalue weighted by atomic mass is 32.2. The van der Waals surface area contributed by atoms with E-state index in [2.05, 4.69) is 16.8 Å². The monoisotopic (exact) mass is 332 g/mol. The molecule has 120 valence electrons. The van der Waals surface area contributed by atoms with Gasteiger partial charge in [0.15, 0.2) is 9.84 Å². The van der Waals surface area contributed by atoms with Gasteiger partial charge in [-0.3, -0.25) is 4.90 Å². The Kier molecular flexibility index (Phi) is 6.16. The summed E-state index contributed by atoms with van der Waals surface area (Å²) in [7, 11) is -3.00. The fourth-order valence-electron chi connectivity index (χ4n) is 2.52. The molecule has 0 N–H and O–H groups in total. The van der Waals surface area contributed by atoms with Gasteiger partial charge in [-0.2, -0.15) is 0 Å². The van der Waals surface area contributed by atoms with Crippen molar-refractivity contribution in [1.82, 2.24) is 9.88 Å². The molecule has 0 amide bonds. The number of thiazole rings is 1. The average Bonchev–Trinajstić information content (AvgIpc) is 2.81. The maximum absolute atomic E-state index is 11.3. The van der Waals surface area contributed by atoms with Crippen molar-refractivity contribution in [2.45, 2.75) is 44.6 Å². The first-order valence-corrected chi connectivity index (χ1v) is 10.3. The van der Waals surface area contributed by atoms with Crippen LogP contribution in [0.4, 0.5) is 0 Å². The molecule has 1 unspecified atom stereocenters. The van der Waals surface area contributed by atoms with Crippen molar-refractivity contribution in [3.05, 3.63) is 16.1 Å². The summed E-state index contributed by atoms with van der Waals surface area (Å²) in [5.41, 5.74) is 0.967. The van der Waals surface area contributed by atoms with Crippen LogP contribution in [0.3, 0.4) is 0 Å². The summed E-state index contributed by atoms with van der Waals surface area (Å²) in [6, 6.07) is 0. The highest BCUT2D eigenvalue weighted by Gasteiger charge is 2.21. The van der Waals surface area contributed by atoms with Gasteiger partial charge in [-0.1, -0.05) is 6.92 Å². The Labute approximate surface area is 131 Å². The second-order valence-electron chi connectivity index (χ2n) is 5.67. The lowest BCUT2D eigenvalue weighted by atomic mass is 10.1. The molecule has 5 nitrogen and oxygen atoms in total. The van der Waals surface area contributed by atoms with Crippen LogP contribution >= 0.6 is 11.3 Å². The van der Waals surface area contributed by atoms with Gasteiger partial charge in [-0.15, -0.1) is 11.3 Å². The van der Waals surface area contributed by atoms with Gasteiger partial charge >= 0.3 is 0 Å². The van der Waals surface area contributed by atoms with Crippen molar-refractivity contribution in [2.24, 2.45) is 0 Å². The number of likely N-dealkylation sites (tertiary alicyclic amines) is 1. The molecule has 1 fully saturated rings. The Hall–Kier alpha value is -0.500. The number of aromatic nitrogens is 1. The van der Waals surface area contributed by atoms with Crippen LogP contribution in [-0.4, -0.2) is 50.4 Å². The molecule has 0 aliphatic carbocycles. The lowest BCUT2D eigenvalue weighted by Crippen LogP contribution is -2.39. The van der Waals surface area contributed by atoms with Crippen LogP contribution in [0.25, 0.3) is 0 Å². The molecule has 1 aromatic rings. The van der Waals surface area contributed by atoms with Gasteiger partial charge in [0.2, 0.25) is 0 Å². The van der Waals surface area contributed by atoms with Gasteiger partial charge in [-0.05, 0) is 25.8 Å². The van der Waals surface area contributed by atoms with E-state index in [1.165, 1.54) is 17.6 Å². The molecule has 0 spiro atoms. The molecule has 0 saturated carbocycles. The van der Waals surface area contributed by atoms with E-state index in [4.69, 9.17) is 4.74 Å². The van der Waals surface area contributed by atoms with Gasteiger partial charge in [0.1, 0.15) is 10.8 Å². The van der Waals surface area contributed by atoms with Gasteiger partial charge in [0.25, 0.3) is 0 Å². The average molecular weight is 332 g/mol. The smallest absolute Gasteiger partial charge is 0.153 e. The van der Waals surface area contributed by atoms with Crippen molar-refractivity contribution in [1.29, 1.82) is 0 Å². The summed E-state index contributed by atoms with van der Waals surface area (Å²) in [5.74, 6) is 0.0416. The molecule has 7 heteroatoms. The zero-order valence-electron chi connectivity index (χ0n) is 12.7. The van der Waals surface area contributed by atoms with E-state index in [1.807, 2.05) is 5.38 Å². The first-order valence-electron chi connectivity index (χ1n) is 7.41. The second-order valence-corrected chi connectivity index (χ2v) is 8.76. The van der Waals surface area contributed by atoms with Gasteiger partial charge in [-0.25, -0.2) is 13.4 Å². The number of hydrogen-bond acceptors (Lipinski definition) is 6. The maximum atomic E-state index is 11.3. The summed E-state index contributed by atoms with van der Waals surface area (Å²) < 4.78 is 28.4. The molecule has 21 heavy (non-hydrogen) atoms. The zero-order valence-corrected chi connectivity index (χ0v) is 14.4. The summed E-state index contributed by atoms with van der Waals surface area (Å²) in [6.07, 6.45) is 4.90. The number of piperidine rings is 1. The summed E-state index contributed by atoms with van der Waals surface area (Å²) in [4.78, 5) is 6.78. The van der Waals surface area contributed by atoms with Crippen LogP contribution in [0.5, 0.6) is 0 Å². The van der Waals surface area contributed by atoms with Gasteiger partial charge in [0, 0.05) is 31.3 Å². The van der Waals surface area contributed by atoms with Crippen LogP contribution < -0.4 is 0 Å². The van der Waals surface area contributed by atoms with Crippen LogP contribution in [0.2, 0.25) is 0 Å². The van der Waals surface area contributed by atoms with Crippen molar-refractivity contribution in [2.75, 3.05) is 26.0 Å². The quantitative estimate of drug-likeness (QED) is 0.765. The van der Waals surface area contributed by atoms with E-state index in [0.29, 0.717) is 11.1 Å². The molecule has 0 bridgehead atoms. The van der Waals surface area contributed by atoms with Gasteiger partial charge < -0.3 is 4.74 Å². The summed E-state index contributed by atoms with van der Waals surface area (Å²) >= 11 is 1.43. The third-order valence-corrected chi connectivity index (χ3v) is 5.27. The third kappa shape index (κ3) is 6.02. The molecule has 1 atom stereocenters. The van der Waals surface area contributed by atoms with Crippen molar-refractivity contribution in [3.8, 4) is 0 Å². The molecular weight excluding hydrogens is 308 g/mol. The Morgan fingerprint density at radius 3 is 3.05 bits per heavy atom. The van der Waals surface area contributed by atoms with Crippen LogP contribution in [0, 0.1) is 0 Å². The Bertz CT molecular complexity index is 542. The third-order valence-electron chi connectivity index (χ3n) is 3.39. The Balaban J connectivity index is 1.86. The lowest BCUT2D eigenvalue weighted by molar-refractivity contribution is -0.00248. The minimum atomic E-state index is -3.00. The van der Waals surface area contributed by atoms with Crippen LogP contribution in [0.15, 0.2) is 5.38 Å². The van der Waals surface area contributed by atoms with Crippen molar-refractivity contribution >= 4 is 21.2 Å². The number of ether oxygens (including phenoxy) is 1. The zero-order chi connectivity index (χ0) is 15.3. The maximum Gasteiger partial charge on any atom is 0.153 e. The SMILES string of the molecule is CCCOC1CCCN(Cc2csc(CS(C)(=O)=O)n2)C1. The normalized spacial score (nSPS) is 20.8. The largest absolute Gasteiger partial charge is 0.377 e. The summed E-state index contributed by atoms with van der Waals surface area (Å²) in [5, 5.41) is 2.65. The van der Waals surface area contributed by atoms with E-state index in [1.54, 1.807) is 0 Å². The molecule has 2 heterocycles. The first-order chi connectivity index (χ1) is 9.96. The topological polar surface area (TPSA) is 59.5 Å². The fraction of sp³-hybridized carbons (Fsp3) is 0.786. The molecule has 2 rings (SSSR count). The van der Waals surface area contributed by atoms with E-state index >= 15 is 0 Å². The molecule has 1 aromatic heterocycles. The van der Waals surface area contributed by atoms with Gasteiger partial charge in [0.05, 0.1) is 11.8 Å². The number of nitrogens with zero attached hydrogens (tertiary/aromatic N) is 2. The van der Waals surface area contributed by atoms with Crippen LogP contribution in [0.1, 0.15) is 36.9 Å². The fourth-order valence-corrected chi connectivity index (χ4v) is 4.52. The predicted molar refractivity (Wildman–Crippen MR) is 85.2 cm³/mol. The number of hydrogen-bond donors (Lipinski definition) is 0. The Morgan fingerprint density at radius 2 is 2.33 bits per heavy atom. The predicted octanol–water partition coefficient (Wildman–Crippen LogP) is 2.08. The van der Waals surface area contributed by atoms with Crippen molar-refractivity contribution < 1.29 is 13.2 Å². The van der Waals surface area contributed by atoms with E-state index in [-0.39, 0.29) is 5.75 Å². The number of sulfone groups is 1. The lowest BCUT2D eigenvalue weighted by Gasteiger charge is -2.32. The van der Waals surface area contributed by atoms with E-state index < -0.39 is 9.84 Å². The molecule has 1 saturated heterocycles. The minimum absolute atomic E-state index is 0.0416. The van der Waals surface area contributed by atoms with E-state index in [0.717, 1.165) is 51.2 Å². The molecule has 1 aliphatic heterocycles. The minimum Gasteiger partial charge on any atom is -0.377 e. The number of rotatable bonds is 7. The van der Waals surface area contributed by atoms with E-state index in [9.17, 15) is 8.42 Å². The first kappa shape index (κ1) is 16.9.